The Morgan fingerprint density at radius 2 is 1.35 bits per heavy atom. The Morgan fingerprint density at radius 1 is 0.750 bits per heavy atom. The summed E-state index contributed by atoms with van der Waals surface area (Å²) in [5.74, 6) is 0.889. The summed E-state index contributed by atoms with van der Waals surface area (Å²) in [5.41, 5.74) is 5.58. The molecule has 1 heterocycles. The van der Waals surface area contributed by atoms with Crippen molar-refractivity contribution in [2.75, 3.05) is 0 Å². The van der Waals surface area contributed by atoms with Crippen LogP contribution in [0, 0.1) is 11.8 Å². The Morgan fingerprint density at radius 3 is 1.95 bits per heavy atom. The minimum atomic E-state index is -0.637. The van der Waals surface area contributed by atoms with Gasteiger partial charge in [0.05, 0.1) is 5.69 Å². The molecule has 0 aliphatic rings. The summed E-state index contributed by atoms with van der Waals surface area (Å²) in [6.45, 7) is 8.71. The molecule has 1 aromatic heterocycles. The summed E-state index contributed by atoms with van der Waals surface area (Å²) in [6, 6.07) is 20.4. The molecule has 40 heavy (non-hydrogen) atoms. The van der Waals surface area contributed by atoms with E-state index in [1.165, 1.54) is 50.5 Å². The van der Waals surface area contributed by atoms with Gasteiger partial charge in [0.2, 0.25) is 0 Å². The maximum atomic E-state index is 12.5. The van der Waals surface area contributed by atoms with Gasteiger partial charge in [-0.25, -0.2) is 0 Å². The lowest BCUT2D eigenvalue weighted by Crippen LogP contribution is -2.27. The van der Waals surface area contributed by atoms with Crippen molar-refractivity contribution in [1.29, 1.82) is 0 Å². The topological polar surface area (TPSA) is 39.2 Å². The van der Waals surface area contributed by atoms with Gasteiger partial charge in [0.1, 0.15) is 11.1 Å². The zero-order chi connectivity index (χ0) is 28.7. The second-order valence-electron chi connectivity index (χ2n) is 11.6. The van der Waals surface area contributed by atoms with Gasteiger partial charge < -0.3 is 4.74 Å². The van der Waals surface area contributed by atoms with Crippen LogP contribution in [0.3, 0.4) is 0 Å². The van der Waals surface area contributed by atoms with Gasteiger partial charge in [-0.15, -0.1) is 11.6 Å². The number of pyridine rings is 1. The van der Waals surface area contributed by atoms with Crippen molar-refractivity contribution in [3.8, 4) is 28.1 Å². The predicted octanol–water partition coefficient (Wildman–Crippen LogP) is 10.7. The number of aromatic nitrogens is 1. The molecule has 0 N–H and O–H groups in total. The number of esters is 1. The standard InChI is InChI=1S/C36H48ClNO2/c1-5-6-7-8-9-10-11-15-29-16-25-34(38-26-29)32-19-17-30(18-20-32)31-21-23-33(24-22-31)40-36(39)35(37)28(4)14-12-13-27(2)3/h16-28,35H,5-15H2,1-4H3. The first-order valence-electron chi connectivity index (χ1n) is 15.4. The van der Waals surface area contributed by atoms with Crippen molar-refractivity contribution in [2.45, 2.75) is 104 Å². The molecule has 3 nitrogen and oxygen atoms in total. The second kappa shape index (κ2) is 17.2. The van der Waals surface area contributed by atoms with Crippen molar-refractivity contribution >= 4 is 17.6 Å². The predicted molar refractivity (Wildman–Crippen MR) is 170 cm³/mol. The van der Waals surface area contributed by atoms with E-state index >= 15 is 0 Å². The summed E-state index contributed by atoms with van der Waals surface area (Å²) in [5, 5.41) is -0.637. The summed E-state index contributed by atoms with van der Waals surface area (Å²) >= 11 is 6.42. The molecule has 3 aromatic rings. The number of carbonyl (C=O) groups is 1. The van der Waals surface area contributed by atoms with Crippen LogP contribution in [-0.4, -0.2) is 16.3 Å². The first-order chi connectivity index (χ1) is 19.4. The number of aryl methyl sites for hydroxylation is 1. The highest BCUT2D eigenvalue weighted by molar-refractivity contribution is 6.30. The third-order valence-corrected chi connectivity index (χ3v) is 8.25. The van der Waals surface area contributed by atoms with E-state index in [1.54, 1.807) is 0 Å². The van der Waals surface area contributed by atoms with E-state index in [-0.39, 0.29) is 11.9 Å². The molecule has 4 heteroatoms. The molecule has 0 fully saturated rings. The molecular formula is C36H48ClNO2. The monoisotopic (exact) mass is 561 g/mol. The van der Waals surface area contributed by atoms with Crippen molar-refractivity contribution < 1.29 is 9.53 Å². The van der Waals surface area contributed by atoms with Crippen LogP contribution in [0.25, 0.3) is 22.4 Å². The molecule has 0 amide bonds. The highest BCUT2D eigenvalue weighted by atomic mass is 35.5. The molecule has 0 radical (unpaired) electrons. The number of unbranched alkanes of at least 4 members (excludes halogenated alkanes) is 6. The largest absolute Gasteiger partial charge is 0.425 e. The quantitative estimate of drug-likeness (QED) is 0.0711. The Kier molecular flexibility index (Phi) is 13.7. The molecule has 2 atom stereocenters. The fourth-order valence-corrected chi connectivity index (χ4v) is 5.15. The van der Waals surface area contributed by atoms with Crippen molar-refractivity contribution in [2.24, 2.45) is 11.8 Å². The normalized spacial score (nSPS) is 12.8. The van der Waals surface area contributed by atoms with E-state index < -0.39 is 5.38 Å². The SMILES string of the molecule is CCCCCCCCCc1ccc(-c2ccc(-c3ccc(OC(=O)C(Cl)C(C)CCCC(C)C)cc3)cc2)nc1. The van der Waals surface area contributed by atoms with E-state index in [9.17, 15) is 4.79 Å². The molecule has 216 valence electrons. The van der Waals surface area contributed by atoms with Crippen LogP contribution in [0.5, 0.6) is 5.75 Å². The van der Waals surface area contributed by atoms with Gasteiger partial charge in [0.15, 0.2) is 0 Å². The van der Waals surface area contributed by atoms with Gasteiger partial charge in [-0.3, -0.25) is 9.78 Å². The van der Waals surface area contributed by atoms with E-state index in [0.29, 0.717) is 11.7 Å². The minimum Gasteiger partial charge on any atom is -0.425 e. The van der Waals surface area contributed by atoms with Crippen LogP contribution < -0.4 is 4.74 Å². The van der Waals surface area contributed by atoms with Gasteiger partial charge in [-0.05, 0) is 66.0 Å². The number of halogens is 1. The number of nitrogens with zero attached hydrogens (tertiary/aromatic N) is 1. The maximum Gasteiger partial charge on any atom is 0.329 e. The number of hydrogen-bond acceptors (Lipinski definition) is 3. The van der Waals surface area contributed by atoms with Crippen molar-refractivity contribution in [3.05, 3.63) is 72.4 Å². The zero-order valence-corrected chi connectivity index (χ0v) is 25.8. The third-order valence-electron chi connectivity index (χ3n) is 7.65. The van der Waals surface area contributed by atoms with Crippen LogP contribution in [0.2, 0.25) is 0 Å². The lowest BCUT2D eigenvalue weighted by molar-refractivity contribution is -0.134. The van der Waals surface area contributed by atoms with Crippen LogP contribution in [0.4, 0.5) is 0 Å². The molecule has 0 aliphatic heterocycles. The van der Waals surface area contributed by atoms with Gasteiger partial charge in [-0.2, -0.15) is 0 Å². The number of benzene rings is 2. The summed E-state index contributed by atoms with van der Waals surface area (Å²) in [6.07, 6.45) is 15.6. The highest BCUT2D eigenvalue weighted by Crippen LogP contribution is 2.27. The van der Waals surface area contributed by atoms with Gasteiger partial charge in [0.25, 0.3) is 0 Å². The fourth-order valence-electron chi connectivity index (χ4n) is 4.98. The second-order valence-corrected chi connectivity index (χ2v) is 12.1. The first-order valence-corrected chi connectivity index (χ1v) is 15.8. The Labute approximate surface area is 247 Å². The third kappa shape index (κ3) is 10.7. The lowest BCUT2D eigenvalue weighted by Gasteiger charge is -2.17. The van der Waals surface area contributed by atoms with Gasteiger partial charge >= 0.3 is 5.97 Å². The van der Waals surface area contributed by atoms with E-state index in [4.69, 9.17) is 21.3 Å². The van der Waals surface area contributed by atoms with E-state index in [1.807, 2.05) is 37.4 Å². The van der Waals surface area contributed by atoms with Crippen LogP contribution in [-0.2, 0) is 11.2 Å². The number of rotatable bonds is 17. The summed E-state index contributed by atoms with van der Waals surface area (Å²) < 4.78 is 5.57. The molecule has 0 bridgehead atoms. The molecule has 3 rings (SSSR count). The van der Waals surface area contributed by atoms with Crippen LogP contribution >= 0.6 is 11.6 Å². The number of ether oxygens (including phenoxy) is 1. The summed E-state index contributed by atoms with van der Waals surface area (Å²) in [7, 11) is 0. The molecular weight excluding hydrogens is 514 g/mol. The lowest BCUT2D eigenvalue weighted by atomic mass is 9.97. The van der Waals surface area contributed by atoms with Gasteiger partial charge in [-0.1, -0.05) is 122 Å². The van der Waals surface area contributed by atoms with E-state index in [0.717, 1.165) is 48.1 Å². The Hall–Kier alpha value is -2.65. The fraction of sp³-hybridized carbons (Fsp3) is 0.500. The van der Waals surface area contributed by atoms with Gasteiger partial charge in [0, 0.05) is 11.8 Å². The number of carbonyl (C=O) groups excluding carboxylic acids is 1. The highest BCUT2D eigenvalue weighted by Gasteiger charge is 2.24. The molecule has 0 aliphatic carbocycles. The first kappa shape index (κ1) is 31.9. The average molecular weight is 562 g/mol. The van der Waals surface area contributed by atoms with Crippen LogP contribution in [0.1, 0.15) is 97.5 Å². The molecule has 0 saturated heterocycles. The maximum absolute atomic E-state index is 12.5. The van der Waals surface area contributed by atoms with Crippen molar-refractivity contribution in [1.82, 2.24) is 4.98 Å². The summed E-state index contributed by atoms with van der Waals surface area (Å²) in [4.78, 5) is 17.3. The Bertz CT molecular complexity index is 1120. The molecule has 0 spiro atoms. The van der Waals surface area contributed by atoms with E-state index in [2.05, 4.69) is 57.2 Å². The van der Waals surface area contributed by atoms with Crippen molar-refractivity contribution in [3.63, 3.8) is 0 Å². The smallest absolute Gasteiger partial charge is 0.329 e. The molecule has 2 unspecified atom stereocenters. The number of alkyl halides is 1. The Balaban J connectivity index is 1.48. The minimum absolute atomic E-state index is 0.0847. The van der Waals surface area contributed by atoms with Crippen LogP contribution in [0.15, 0.2) is 66.9 Å². The molecule has 0 saturated carbocycles. The zero-order valence-electron chi connectivity index (χ0n) is 25.0. The average Bonchev–Trinajstić information content (AvgIpc) is 2.97. The number of hydrogen-bond donors (Lipinski definition) is 0. The molecule has 2 aromatic carbocycles.